The molecule has 0 saturated carbocycles. The van der Waals surface area contributed by atoms with Crippen molar-refractivity contribution in [3.05, 3.63) is 33.1 Å². The fraction of sp³-hybridized carbons (Fsp3) is 0.125. The molecule has 0 unspecified atom stereocenters. The molecule has 16 heavy (non-hydrogen) atoms. The summed E-state index contributed by atoms with van der Waals surface area (Å²) >= 11 is 11.0. The first-order valence-corrected chi connectivity index (χ1v) is 4.89. The molecule has 5 nitrogen and oxygen atoms in total. The second-order valence-corrected chi connectivity index (χ2v) is 3.42. The lowest BCUT2D eigenvalue weighted by Gasteiger charge is -2.01. The predicted molar refractivity (Wildman–Crippen MR) is 60.1 cm³/mol. The fourth-order valence-corrected chi connectivity index (χ4v) is 1.20. The van der Waals surface area contributed by atoms with Gasteiger partial charge in [-0.25, -0.2) is 4.99 Å². The first-order valence-electron chi connectivity index (χ1n) is 3.98. The van der Waals surface area contributed by atoms with Gasteiger partial charge in [0.1, 0.15) is 5.84 Å². The van der Waals surface area contributed by atoms with Crippen LogP contribution in [-0.4, -0.2) is 16.6 Å². The first kappa shape index (κ1) is 12.7. The molecular weight excluding hydrogens is 260 g/mol. The molecule has 0 aliphatic heterocycles. The minimum absolute atomic E-state index is 0.00270. The van der Waals surface area contributed by atoms with E-state index in [1.165, 1.54) is 0 Å². The van der Waals surface area contributed by atoms with Gasteiger partial charge in [-0.1, -0.05) is 11.6 Å². The number of nitro groups is 1. The van der Waals surface area contributed by atoms with Crippen LogP contribution in [0.15, 0.2) is 17.1 Å². The molecule has 0 atom stereocenters. The molecule has 0 aliphatic rings. The van der Waals surface area contributed by atoms with Crippen molar-refractivity contribution < 1.29 is 9.31 Å². The van der Waals surface area contributed by atoms with E-state index in [0.29, 0.717) is 0 Å². The number of nitro benzene ring substituents is 1. The summed E-state index contributed by atoms with van der Waals surface area (Å²) in [5.41, 5.74) is 4.61. The van der Waals surface area contributed by atoms with Gasteiger partial charge < -0.3 is 5.73 Å². The number of aliphatic imine (C=N–C) groups is 1. The van der Waals surface area contributed by atoms with E-state index in [4.69, 9.17) is 28.9 Å². The average molecular weight is 266 g/mol. The maximum atomic E-state index is 13.2. The van der Waals surface area contributed by atoms with Gasteiger partial charge in [-0.2, -0.15) is 4.39 Å². The molecule has 0 amide bonds. The average Bonchev–Trinajstić information content (AvgIpc) is 2.22. The number of halogens is 3. The first-order chi connectivity index (χ1) is 7.45. The molecule has 0 aliphatic carbocycles. The quantitative estimate of drug-likeness (QED) is 0.300. The summed E-state index contributed by atoms with van der Waals surface area (Å²) in [6.07, 6.45) is 0. The smallest absolute Gasteiger partial charge is 0.306 e. The standard InChI is InChI=1S/C8H6Cl2FN3O2/c9-3-8(12)13-6-2-5(11)7(14(15)16)1-4(6)10/h1-2H,3H2,(H2,12,13). The van der Waals surface area contributed by atoms with Gasteiger partial charge in [-0.3, -0.25) is 10.1 Å². The Hall–Kier alpha value is -1.40. The normalized spacial score (nSPS) is 11.6. The Morgan fingerprint density at radius 1 is 1.62 bits per heavy atom. The Bertz CT molecular complexity index is 465. The number of nitrogens with zero attached hydrogens (tertiary/aromatic N) is 2. The zero-order valence-electron chi connectivity index (χ0n) is 7.78. The number of alkyl halides is 1. The van der Waals surface area contributed by atoms with Gasteiger partial charge in [0.05, 0.1) is 21.5 Å². The minimum atomic E-state index is -1.03. The third-order valence-corrected chi connectivity index (χ3v) is 2.19. The second kappa shape index (κ2) is 5.09. The van der Waals surface area contributed by atoms with Gasteiger partial charge in [0, 0.05) is 12.1 Å². The highest BCUT2D eigenvalue weighted by atomic mass is 35.5. The van der Waals surface area contributed by atoms with Crippen LogP contribution in [0.2, 0.25) is 5.02 Å². The molecule has 0 aromatic heterocycles. The highest BCUT2D eigenvalue weighted by Crippen LogP contribution is 2.31. The topological polar surface area (TPSA) is 81.5 Å². The Balaban J connectivity index is 3.26. The van der Waals surface area contributed by atoms with Crippen molar-refractivity contribution in [2.24, 2.45) is 10.7 Å². The van der Waals surface area contributed by atoms with E-state index >= 15 is 0 Å². The Labute approximate surface area is 99.8 Å². The third kappa shape index (κ3) is 2.80. The molecule has 86 valence electrons. The van der Waals surface area contributed by atoms with Crippen LogP contribution in [0, 0.1) is 15.9 Å². The number of benzene rings is 1. The van der Waals surface area contributed by atoms with Crippen molar-refractivity contribution in [1.82, 2.24) is 0 Å². The number of hydrogen-bond donors (Lipinski definition) is 1. The summed E-state index contributed by atoms with van der Waals surface area (Å²) in [5.74, 6) is -1.04. The van der Waals surface area contributed by atoms with Crippen LogP contribution in [0.5, 0.6) is 0 Å². The maximum absolute atomic E-state index is 13.2. The monoisotopic (exact) mass is 265 g/mol. The molecule has 1 rings (SSSR count). The summed E-state index contributed by atoms with van der Waals surface area (Å²) in [6.45, 7) is 0. The van der Waals surface area contributed by atoms with Gasteiger partial charge in [-0.05, 0) is 0 Å². The minimum Gasteiger partial charge on any atom is -0.386 e. The summed E-state index contributed by atoms with van der Waals surface area (Å²) in [6, 6.07) is 1.71. The van der Waals surface area contributed by atoms with Crippen LogP contribution in [0.25, 0.3) is 0 Å². The van der Waals surface area contributed by atoms with E-state index in [1.54, 1.807) is 0 Å². The molecule has 8 heteroatoms. The highest BCUT2D eigenvalue weighted by molar-refractivity contribution is 6.33. The van der Waals surface area contributed by atoms with E-state index in [2.05, 4.69) is 4.99 Å². The van der Waals surface area contributed by atoms with Crippen LogP contribution in [-0.2, 0) is 0 Å². The molecule has 0 heterocycles. The SMILES string of the molecule is NC(CCl)=Nc1cc(F)c([N+](=O)[O-])cc1Cl. The van der Waals surface area contributed by atoms with Crippen LogP contribution in [0.4, 0.5) is 15.8 Å². The fourth-order valence-electron chi connectivity index (χ4n) is 0.936. The molecule has 0 bridgehead atoms. The van der Waals surface area contributed by atoms with Crippen molar-refractivity contribution in [3.63, 3.8) is 0 Å². The van der Waals surface area contributed by atoms with Gasteiger partial charge in [0.2, 0.25) is 5.82 Å². The highest BCUT2D eigenvalue weighted by Gasteiger charge is 2.17. The van der Waals surface area contributed by atoms with Crippen molar-refractivity contribution in [3.8, 4) is 0 Å². The van der Waals surface area contributed by atoms with E-state index in [-0.39, 0.29) is 22.4 Å². The summed E-state index contributed by atoms with van der Waals surface area (Å²) in [5, 5.41) is 10.3. The summed E-state index contributed by atoms with van der Waals surface area (Å²) in [7, 11) is 0. The number of hydrogen-bond acceptors (Lipinski definition) is 3. The van der Waals surface area contributed by atoms with Crippen molar-refractivity contribution >= 4 is 40.4 Å². The van der Waals surface area contributed by atoms with E-state index < -0.39 is 16.4 Å². The largest absolute Gasteiger partial charge is 0.386 e. The maximum Gasteiger partial charge on any atom is 0.306 e. The molecular formula is C8H6Cl2FN3O2. The molecule has 0 spiro atoms. The van der Waals surface area contributed by atoms with Crippen LogP contribution in [0.1, 0.15) is 0 Å². The van der Waals surface area contributed by atoms with Crippen molar-refractivity contribution in [2.45, 2.75) is 0 Å². The molecule has 0 saturated heterocycles. The van der Waals surface area contributed by atoms with Crippen molar-refractivity contribution in [1.29, 1.82) is 0 Å². The summed E-state index contributed by atoms with van der Waals surface area (Å²) in [4.78, 5) is 13.2. The Kier molecular flexibility index (Phi) is 4.03. The third-order valence-electron chi connectivity index (χ3n) is 1.61. The number of amidine groups is 1. The van der Waals surface area contributed by atoms with Gasteiger partial charge >= 0.3 is 5.69 Å². The molecule has 0 fully saturated rings. The lowest BCUT2D eigenvalue weighted by atomic mass is 10.2. The zero-order valence-corrected chi connectivity index (χ0v) is 9.30. The zero-order chi connectivity index (χ0) is 12.3. The second-order valence-electron chi connectivity index (χ2n) is 2.75. The van der Waals surface area contributed by atoms with Crippen molar-refractivity contribution in [2.75, 3.05) is 5.88 Å². The van der Waals surface area contributed by atoms with Crippen LogP contribution < -0.4 is 5.73 Å². The lowest BCUT2D eigenvalue weighted by Crippen LogP contribution is -2.12. The van der Waals surface area contributed by atoms with Crippen LogP contribution >= 0.6 is 23.2 Å². The predicted octanol–water partition coefficient (Wildman–Crippen LogP) is 2.61. The van der Waals surface area contributed by atoms with Gasteiger partial charge in [0.25, 0.3) is 0 Å². The van der Waals surface area contributed by atoms with Crippen LogP contribution in [0.3, 0.4) is 0 Å². The van der Waals surface area contributed by atoms with E-state index in [9.17, 15) is 14.5 Å². The van der Waals surface area contributed by atoms with E-state index in [0.717, 1.165) is 12.1 Å². The number of rotatable bonds is 3. The van der Waals surface area contributed by atoms with E-state index in [1.807, 2.05) is 0 Å². The molecule has 1 aromatic rings. The Morgan fingerprint density at radius 3 is 2.75 bits per heavy atom. The van der Waals surface area contributed by atoms with Gasteiger partial charge in [0.15, 0.2) is 0 Å². The molecule has 1 aromatic carbocycles. The van der Waals surface area contributed by atoms with Gasteiger partial charge in [-0.15, -0.1) is 11.6 Å². The molecule has 2 N–H and O–H groups in total. The lowest BCUT2D eigenvalue weighted by molar-refractivity contribution is -0.387. The summed E-state index contributed by atoms with van der Waals surface area (Å²) < 4.78 is 13.2. The number of nitrogens with two attached hydrogens (primary N) is 1. The Morgan fingerprint density at radius 2 is 2.25 bits per heavy atom. The molecule has 0 radical (unpaired) electrons.